The van der Waals surface area contributed by atoms with E-state index in [-0.39, 0.29) is 17.9 Å². The van der Waals surface area contributed by atoms with Gasteiger partial charge in [0, 0.05) is 5.56 Å². The van der Waals surface area contributed by atoms with E-state index in [9.17, 15) is 9.18 Å². The molecule has 1 atom stereocenters. The summed E-state index contributed by atoms with van der Waals surface area (Å²) in [6.45, 7) is 2.84. The molecular formula is C11H13FO3. The summed E-state index contributed by atoms with van der Waals surface area (Å²) < 4.78 is 18.6. The van der Waals surface area contributed by atoms with E-state index in [4.69, 9.17) is 5.11 Å². The Hall–Kier alpha value is -1.58. The van der Waals surface area contributed by atoms with Crippen molar-refractivity contribution in [1.29, 1.82) is 0 Å². The molecule has 0 aliphatic rings. The minimum atomic E-state index is -2.23. The van der Waals surface area contributed by atoms with Crippen LogP contribution in [0.3, 0.4) is 0 Å². The van der Waals surface area contributed by atoms with Crippen molar-refractivity contribution in [2.45, 2.75) is 19.5 Å². The van der Waals surface area contributed by atoms with Crippen LogP contribution in [0.5, 0.6) is 5.75 Å². The molecule has 0 bridgehead atoms. The fourth-order valence-electron chi connectivity index (χ4n) is 1.18. The maximum Gasteiger partial charge on any atom is 0.348 e. The smallest absolute Gasteiger partial charge is 0.348 e. The molecule has 0 aromatic heterocycles. The molecule has 4 heteroatoms. The van der Waals surface area contributed by atoms with Gasteiger partial charge >= 0.3 is 5.97 Å². The number of carbonyl (C=O) groups is 1. The van der Waals surface area contributed by atoms with Gasteiger partial charge in [-0.15, -0.1) is 0 Å². The van der Waals surface area contributed by atoms with Crippen LogP contribution in [-0.2, 0) is 15.2 Å². The molecule has 3 nitrogen and oxygen atoms in total. The molecule has 0 aliphatic carbocycles. The van der Waals surface area contributed by atoms with Gasteiger partial charge in [0.25, 0.3) is 0 Å². The lowest BCUT2D eigenvalue weighted by molar-refractivity contribution is -0.156. The van der Waals surface area contributed by atoms with E-state index in [0.29, 0.717) is 0 Å². The fraction of sp³-hybridized carbons (Fsp3) is 0.364. The predicted molar refractivity (Wildman–Crippen MR) is 53.2 cm³/mol. The van der Waals surface area contributed by atoms with Crippen LogP contribution in [0, 0.1) is 0 Å². The third-order valence-corrected chi connectivity index (χ3v) is 2.05. The van der Waals surface area contributed by atoms with Gasteiger partial charge in [-0.05, 0) is 26.0 Å². The first-order valence-corrected chi connectivity index (χ1v) is 4.64. The number of aromatic hydroxyl groups is 1. The van der Waals surface area contributed by atoms with Crippen molar-refractivity contribution in [1.82, 2.24) is 0 Å². The van der Waals surface area contributed by atoms with E-state index in [1.165, 1.54) is 24.3 Å². The largest absolute Gasteiger partial charge is 0.508 e. The first-order valence-electron chi connectivity index (χ1n) is 4.64. The number of alkyl halides is 1. The molecule has 0 radical (unpaired) electrons. The van der Waals surface area contributed by atoms with Gasteiger partial charge in [-0.25, -0.2) is 9.18 Å². The van der Waals surface area contributed by atoms with E-state index >= 15 is 0 Å². The van der Waals surface area contributed by atoms with Crippen LogP contribution in [0.4, 0.5) is 4.39 Å². The zero-order valence-electron chi connectivity index (χ0n) is 8.66. The number of hydrogen-bond acceptors (Lipinski definition) is 3. The minimum Gasteiger partial charge on any atom is -0.508 e. The van der Waals surface area contributed by atoms with Crippen molar-refractivity contribution in [3.63, 3.8) is 0 Å². The summed E-state index contributed by atoms with van der Waals surface area (Å²) in [5.74, 6) is -1.03. The maximum absolute atomic E-state index is 14.0. The molecule has 0 spiro atoms. The number of carbonyl (C=O) groups excluding carboxylic acids is 1. The Kier molecular flexibility index (Phi) is 3.29. The number of halogens is 1. The van der Waals surface area contributed by atoms with Gasteiger partial charge in [0.05, 0.1) is 6.61 Å². The molecule has 0 amide bonds. The summed E-state index contributed by atoms with van der Waals surface area (Å²) in [5, 5.41) is 9.17. The lowest BCUT2D eigenvalue weighted by atomic mass is 9.98. The van der Waals surface area contributed by atoms with Crippen LogP contribution < -0.4 is 0 Å². The number of rotatable bonds is 3. The highest BCUT2D eigenvalue weighted by molar-refractivity contribution is 5.80. The monoisotopic (exact) mass is 212 g/mol. The van der Waals surface area contributed by atoms with Crippen molar-refractivity contribution in [2.24, 2.45) is 0 Å². The molecule has 1 aromatic carbocycles. The molecular weight excluding hydrogens is 199 g/mol. The first-order chi connectivity index (χ1) is 6.98. The van der Waals surface area contributed by atoms with Crippen molar-refractivity contribution in [2.75, 3.05) is 6.61 Å². The van der Waals surface area contributed by atoms with Crippen LogP contribution in [0.1, 0.15) is 19.4 Å². The Morgan fingerprint density at radius 3 is 2.80 bits per heavy atom. The highest BCUT2D eigenvalue weighted by atomic mass is 19.1. The van der Waals surface area contributed by atoms with E-state index in [1.807, 2.05) is 0 Å². The summed E-state index contributed by atoms with van der Waals surface area (Å²) in [7, 11) is 0. The molecule has 0 aliphatic heterocycles. The Balaban J connectivity index is 2.99. The molecule has 0 saturated carbocycles. The molecule has 82 valence electrons. The summed E-state index contributed by atoms with van der Waals surface area (Å²) >= 11 is 0. The van der Waals surface area contributed by atoms with Crippen molar-refractivity contribution < 1.29 is 19.0 Å². The van der Waals surface area contributed by atoms with Crippen molar-refractivity contribution in [3.8, 4) is 5.75 Å². The zero-order chi connectivity index (χ0) is 11.5. The Morgan fingerprint density at radius 1 is 1.60 bits per heavy atom. The number of esters is 1. The van der Waals surface area contributed by atoms with Crippen LogP contribution in [0.25, 0.3) is 0 Å². The molecule has 1 unspecified atom stereocenters. The van der Waals surface area contributed by atoms with E-state index in [0.717, 1.165) is 6.92 Å². The number of phenols is 1. The first kappa shape index (κ1) is 11.5. The molecule has 0 heterocycles. The van der Waals surface area contributed by atoms with Gasteiger partial charge in [-0.2, -0.15) is 0 Å². The van der Waals surface area contributed by atoms with Crippen LogP contribution >= 0.6 is 0 Å². The Labute approximate surface area is 87.5 Å². The lowest BCUT2D eigenvalue weighted by Gasteiger charge is -2.18. The van der Waals surface area contributed by atoms with Gasteiger partial charge in [-0.1, -0.05) is 12.1 Å². The highest BCUT2D eigenvalue weighted by Crippen LogP contribution is 2.29. The van der Waals surface area contributed by atoms with Gasteiger partial charge < -0.3 is 9.84 Å². The molecule has 0 fully saturated rings. The number of phenolic OH excluding ortho intramolecular Hbond substituents is 1. The Bertz CT molecular complexity index is 361. The SMILES string of the molecule is CCOC(=O)C(C)(F)c1cccc(O)c1. The third kappa shape index (κ3) is 2.46. The Morgan fingerprint density at radius 2 is 2.27 bits per heavy atom. The molecule has 1 rings (SSSR count). The van der Waals surface area contributed by atoms with Crippen LogP contribution in [0.2, 0.25) is 0 Å². The summed E-state index contributed by atoms with van der Waals surface area (Å²) in [6, 6.07) is 5.51. The van der Waals surface area contributed by atoms with E-state index in [1.54, 1.807) is 6.92 Å². The van der Waals surface area contributed by atoms with Crippen molar-refractivity contribution >= 4 is 5.97 Å². The van der Waals surface area contributed by atoms with Gasteiger partial charge in [0.15, 0.2) is 0 Å². The molecule has 0 saturated heterocycles. The molecule has 1 aromatic rings. The van der Waals surface area contributed by atoms with E-state index in [2.05, 4.69) is 4.74 Å². The average Bonchev–Trinajstić information content (AvgIpc) is 2.18. The van der Waals surface area contributed by atoms with Gasteiger partial charge in [-0.3, -0.25) is 0 Å². The topological polar surface area (TPSA) is 46.5 Å². The van der Waals surface area contributed by atoms with E-state index < -0.39 is 11.6 Å². The fourth-order valence-corrected chi connectivity index (χ4v) is 1.18. The standard InChI is InChI=1S/C11H13FO3/c1-3-15-10(14)11(2,12)8-5-4-6-9(13)7-8/h4-7,13H,3H2,1-2H3. The zero-order valence-corrected chi connectivity index (χ0v) is 8.66. The van der Waals surface area contributed by atoms with Crippen LogP contribution in [0.15, 0.2) is 24.3 Å². The number of ether oxygens (including phenoxy) is 1. The normalized spacial score (nSPS) is 14.3. The second-order valence-corrected chi connectivity index (χ2v) is 3.27. The summed E-state index contributed by atoms with van der Waals surface area (Å²) in [6.07, 6.45) is 0. The third-order valence-electron chi connectivity index (χ3n) is 2.05. The van der Waals surface area contributed by atoms with Gasteiger partial charge in [0.1, 0.15) is 5.75 Å². The van der Waals surface area contributed by atoms with Crippen LogP contribution in [-0.4, -0.2) is 17.7 Å². The highest BCUT2D eigenvalue weighted by Gasteiger charge is 2.36. The summed E-state index contributed by atoms with van der Waals surface area (Å²) in [4.78, 5) is 11.3. The van der Waals surface area contributed by atoms with Gasteiger partial charge in [0.2, 0.25) is 5.67 Å². The minimum absolute atomic E-state index is 0.0827. The molecule has 1 N–H and O–H groups in total. The second-order valence-electron chi connectivity index (χ2n) is 3.27. The second kappa shape index (κ2) is 4.29. The number of hydrogen-bond donors (Lipinski definition) is 1. The summed E-state index contributed by atoms with van der Waals surface area (Å²) in [5.41, 5.74) is -2.14. The lowest BCUT2D eigenvalue weighted by Crippen LogP contribution is -2.29. The molecule has 15 heavy (non-hydrogen) atoms. The number of benzene rings is 1. The predicted octanol–water partition coefficient (Wildman–Crippen LogP) is 2.14. The average molecular weight is 212 g/mol. The maximum atomic E-state index is 14.0. The van der Waals surface area contributed by atoms with Crippen molar-refractivity contribution in [3.05, 3.63) is 29.8 Å². The quantitative estimate of drug-likeness (QED) is 0.781.